The number of unbranched alkanes of at least 4 members (excludes halogenated alkanes) is 15. The molecule has 0 bridgehead atoms. The number of phosphoric ester groups is 1. The molecule has 0 aliphatic carbocycles. The summed E-state index contributed by atoms with van der Waals surface area (Å²) in [5.74, 6) is -0.401. The SMILES string of the molecule is CC/C=C\C/C=C\C/C=C\C/C=C\C/C=C\CCCCCCCCCC(=O)OC(COCCCCCCCC/C=C\C/C=C\CCCC)COP(=O)(O)OCC(O)CO. The fourth-order valence-corrected chi connectivity index (χ4v) is 6.60. The Labute approximate surface area is 360 Å². The Bertz CT molecular complexity index is 1190. The number of ether oxygens (including phenoxy) is 2. The second-order valence-corrected chi connectivity index (χ2v) is 16.5. The largest absolute Gasteiger partial charge is 0.472 e. The van der Waals surface area contributed by atoms with E-state index in [4.69, 9.17) is 23.6 Å². The van der Waals surface area contributed by atoms with Crippen molar-refractivity contribution in [3.05, 3.63) is 85.1 Å². The van der Waals surface area contributed by atoms with Crippen LogP contribution in [0.5, 0.6) is 0 Å². The van der Waals surface area contributed by atoms with Crippen molar-refractivity contribution < 1.29 is 43.0 Å². The molecule has 0 amide bonds. The average molecular weight is 849 g/mol. The summed E-state index contributed by atoms with van der Waals surface area (Å²) in [4.78, 5) is 22.6. The molecule has 0 saturated carbocycles. The number of carbonyl (C=O) groups is 1. The van der Waals surface area contributed by atoms with E-state index >= 15 is 0 Å². The Hall–Kier alpha value is -2.36. The Morgan fingerprint density at radius 1 is 0.542 bits per heavy atom. The minimum Gasteiger partial charge on any atom is -0.457 e. The Balaban J connectivity index is 4.18. The third-order valence-electron chi connectivity index (χ3n) is 9.31. The van der Waals surface area contributed by atoms with Gasteiger partial charge in [-0.15, -0.1) is 0 Å². The Kier molecular flexibility index (Phi) is 43.4. The number of aliphatic hydroxyl groups is 2. The highest BCUT2D eigenvalue weighted by Gasteiger charge is 2.26. The molecule has 0 saturated heterocycles. The zero-order chi connectivity index (χ0) is 43.2. The third-order valence-corrected chi connectivity index (χ3v) is 10.3. The maximum absolute atomic E-state index is 12.6. The van der Waals surface area contributed by atoms with E-state index in [9.17, 15) is 19.4 Å². The predicted octanol–water partition coefficient (Wildman–Crippen LogP) is 13.1. The van der Waals surface area contributed by atoms with Gasteiger partial charge in [-0.1, -0.05) is 170 Å². The summed E-state index contributed by atoms with van der Waals surface area (Å²) in [6, 6.07) is 0. The quantitative estimate of drug-likeness (QED) is 0.0237. The molecule has 0 aromatic carbocycles. The van der Waals surface area contributed by atoms with Gasteiger partial charge >= 0.3 is 13.8 Å². The lowest BCUT2D eigenvalue weighted by Gasteiger charge is -2.20. The maximum atomic E-state index is 12.6. The minimum atomic E-state index is -4.53. The molecule has 0 fully saturated rings. The molecule has 0 aromatic rings. The van der Waals surface area contributed by atoms with Gasteiger partial charge in [0.25, 0.3) is 0 Å². The second kappa shape index (κ2) is 45.2. The van der Waals surface area contributed by atoms with Gasteiger partial charge in [0.15, 0.2) is 0 Å². The summed E-state index contributed by atoms with van der Waals surface area (Å²) in [5.41, 5.74) is 0. The molecular weight excluding hydrogens is 764 g/mol. The zero-order valence-corrected chi connectivity index (χ0v) is 38.1. The molecular formula is C49H85O9P. The number of carbonyl (C=O) groups excluding carboxylic acids is 1. The number of aliphatic hydroxyl groups excluding tert-OH is 2. The number of phosphoric acid groups is 1. The second-order valence-electron chi connectivity index (χ2n) is 15.0. The first-order valence-corrected chi connectivity index (χ1v) is 24.6. The smallest absolute Gasteiger partial charge is 0.457 e. The van der Waals surface area contributed by atoms with Crippen LogP contribution in [0.2, 0.25) is 0 Å². The molecule has 3 unspecified atom stereocenters. The fourth-order valence-electron chi connectivity index (χ4n) is 5.81. The van der Waals surface area contributed by atoms with Crippen LogP contribution in [0.1, 0.15) is 174 Å². The van der Waals surface area contributed by atoms with Crippen LogP contribution in [0.15, 0.2) is 85.1 Å². The number of hydrogen-bond donors (Lipinski definition) is 3. The van der Waals surface area contributed by atoms with Crippen molar-refractivity contribution in [3.8, 4) is 0 Å². The van der Waals surface area contributed by atoms with Gasteiger partial charge in [-0.3, -0.25) is 13.8 Å². The van der Waals surface area contributed by atoms with Crippen molar-refractivity contribution in [2.45, 2.75) is 187 Å². The summed E-state index contributed by atoms with van der Waals surface area (Å²) >= 11 is 0. The lowest BCUT2D eigenvalue weighted by atomic mass is 10.1. The van der Waals surface area contributed by atoms with Crippen LogP contribution in [-0.2, 0) is 27.9 Å². The summed E-state index contributed by atoms with van der Waals surface area (Å²) in [5, 5.41) is 18.4. The van der Waals surface area contributed by atoms with E-state index in [1.807, 2.05) is 0 Å². The molecule has 0 radical (unpaired) electrons. The molecule has 3 N–H and O–H groups in total. The topological polar surface area (TPSA) is 132 Å². The third kappa shape index (κ3) is 45.0. The van der Waals surface area contributed by atoms with Crippen molar-refractivity contribution >= 4 is 13.8 Å². The monoisotopic (exact) mass is 849 g/mol. The molecule has 0 rings (SSSR count). The first-order chi connectivity index (χ1) is 28.8. The highest BCUT2D eigenvalue weighted by molar-refractivity contribution is 7.47. The van der Waals surface area contributed by atoms with E-state index in [1.54, 1.807) is 0 Å². The highest BCUT2D eigenvalue weighted by atomic mass is 31.2. The molecule has 0 spiro atoms. The number of rotatable bonds is 43. The van der Waals surface area contributed by atoms with E-state index < -0.39 is 45.8 Å². The number of esters is 1. The van der Waals surface area contributed by atoms with Crippen LogP contribution in [-0.4, -0.2) is 66.3 Å². The van der Waals surface area contributed by atoms with Crippen molar-refractivity contribution in [2.24, 2.45) is 0 Å². The van der Waals surface area contributed by atoms with Gasteiger partial charge in [-0.25, -0.2) is 4.57 Å². The van der Waals surface area contributed by atoms with Gasteiger partial charge in [0.1, 0.15) is 12.2 Å². The molecule has 9 nitrogen and oxygen atoms in total. The van der Waals surface area contributed by atoms with E-state index in [2.05, 4.69) is 98.9 Å². The zero-order valence-electron chi connectivity index (χ0n) is 37.2. The van der Waals surface area contributed by atoms with Gasteiger partial charge in [-0.05, 0) is 83.5 Å². The first-order valence-electron chi connectivity index (χ1n) is 23.1. The Morgan fingerprint density at radius 2 is 0.966 bits per heavy atom. The first kappa shape index (κ1) is 56.6. The van der Waals surface area contributed by atoms with E-state index in [-0.39, 0.29) is 13.0 Å². The van der Waals surface area contributed by atoms with Crippen LogP contribution < -0.4 is 0 Å². The van der Waals surface area contributed by atoms with Crippen molar-refractivity contribution in [1.29, 1.82) is 0 Å². The standard InChI is InChI=1S/C49H85O9P/c1-3-5-7-9-11-13-15-17-19-20-21-22-23-24-25-26-27-29-31-33-35-37-39-41-49(52)58-48(46-57-59(53,54)56-44-47(51)43-50)45-55-42-40-38-36-34-32-30-28-18-16-14-12-10-8-6-4-2/h5,7,10-13,16-19,21-22,24-25,47-48,50-51H,3-4,6,8-9,14-15,20,23,26-46H2,1-2H3,(H,53,54)/b7-5-,12-10-,13-11-,18-16-,19-17-,22-21-,25-24-. The van der Waals surface area contributed by atoms with Crippen LogP contribution in [0.3, 0.4) is 0 Å². The fraction of sp³-hybridized carbons (Fsp3) is 0.694. The predicted molar refractivity (Wildman–Crippen MR) is 246 cm³/mol. The van der Waals surface area contributed by atoms with E-state index in [0.29, 0.717) is 13.0 Å². The number of hydrogen-bond acceptors (Lipinski definition) is 8. The highest BCUT2D eigenvalue weighted by Crippen LogP contribution is 2.43. The molecule has 59 heavy (non-hydrogen) atoms. The van der Waals surface area contributed by atoms with Crippen LogP contribution in [0.25, 0.3) is 0 Å². The van der Waals surface area contributed by atoms with Crippen molar-refractivity contribution in [1.82, 2.24) is 0 Å². The summed E-state index contributed by atoms with van der Waals surface area (Å²) in [7, 11) is -4.53. The minimum absolute atomic E-state index is 0.0325. The van der Waals surface area contributed by atoms with Gasteiger partial charge in [0.2, 0.25) is 0 Å². The number of allylic oxidation sites excluding steroid dienone is 14. The Morgan fingerprint density at radius 3 is 1.46 bits per heavy atom. The van der Waals surface area contributed by atoms with Gasteiger partial charge in [0, 0.05) is 13.0 Å². The molecule has 10 heteroatoms. The van der Waals surface area contributed by atoms with Crippen molar-refractivity contribution in [2.75, 3.05) is 33.0 Å². The summed E-state index contributed by atoms with van der Waals surface area (Å²) in [6.07, 6.45) is 55.4. The van der Waals surface area contributed by atoms with Crippen LogP contribution in [0, 0.1) is 0 Å². The summed E-state index contributed by atoms with van der Waals surface area (Å²) < 4.78 is 33.4. The molecule has 0 heterocycles. The molecule has 340 valence electrons. The normalized spacial score (nSPS) is 14.7. The summed E-state index contributed by atoms with van der Waals surface area (Å²) in [6.45, 7) is 3.31. The van der Waals surface area contributed by atoms with Crippen LogP contribution >= 0.6 is 7.82 Å². The average Bonchev–Trinajstić information content (AvgIpc) is 3.23. The molecule has 0 aromatic heterocycles. The van der Waals surface area contributed by atoms with E-state index in [0.717, 1.165) is 89.9 Å². The van der Waals surface area contributed by atoms with Gasteiger partial charge < -0.3 is 24.6 Å². The van der Waals surface area contributed by atoms with Crippen molar-refractivity contribution in [3.63, 3.8) is 0 Å². The lowest BCUT2D eigenvalue weighted by molar-refractivity contribution is -0.154. The maximum Gasteiger partial charge on any atom is 0.472 e. The molecule has 0 aliphatic rings. The van der Waals surface area contributed by atoms with E-state index in [1.165, 1.54) is 57.8 Å². The molecule has 0 aliphatic heterocycles. The van der Waals surface area contributed by atoms with Gasteiger partial charge in [-0.2, -0.15) is 0 Å². The molecule has 3 atom stereocenters. The lowest BCUT2D eigenvalue weighted by Crippen LogP contribution is -2.29. The van der Waals surface area contributed by atoms with Crippen LogP contribution in [0.4, 0.5) is 0 Å². The van der Waals surface area contributed by atoms with Gasteiger partial charge in [0.05, 0.1) is 26.4 Å².